The molecular formula is C11H12O4. The van der Waals surface area contributed by atoms with Gasteiger partial charge in [-0.25, -0.2) is 0 Å². The molecule has 2 aliphatic rings. The predicted octanol–water partition coefficient (Wildman–Crippen LogP) is 1.27. The second-order valence-electron chi connectivity index (χ2n) is 4.41. The minimum Gasteiger partial charge on any atom is -0.481 e. The summed E-state index contributed by atoms with van der Waals surface area (Å²) in [4.78, 5) is 10.9. The summed E-state index contributed by atoms with van der Waals surface area (Å²) in [5, 5.41) is 8.93. The molecule has 0 amide bonds. The van der Waals surface area contributed by atoms with E-state index in [0.717, 1.165) is 12.2 Å². The molecule has 4 nitrogen and oxygen atoms in total. The van der Waals surface area contributed by atoms with Crippen molar-refractivity contribution < 1.29 is 19.1 Å². The minimum absolute atomic E-state index is 0.160. The SMILES string of the molecule is O=C(O)C1CC1C1(c2ccco2)COC1. The molecule has 2 atom stereocenters. The molecule has 0 bridgehead atoms. The smallest absolute Gasteiger partial charge is 0.306 e. The van der Waals surface area contributed by atoms with Gasteiger partial charge in [-0.1, -0.05) is 0 Å². The van der Waals surface area contributed by atoms with Gasteiger partial charge in [0.15, 0.2) is 0 Å². The number of carbonyl (C=O) groups is 1. The Balaban J connectivity index is 1.86. The molecule has 1 aliphatic heterocycles. The van der Waals surface area contributed by atoms with Crippen LogP contribution in [0, 0.1) is 11.8 Å². The Hall–Kier alpha value is -1.29. The van der Waals surface area contributed by atoms with E-state index in [-0.39, 0.29) is 17.3 Å². The molecule has 1 N–H and O–H groups in total. The Morgan fingerprint density at radius 1 is 1.53 bits per heavy atom. The van der Waals surface area contributed by atoms with Crippen LogP contribution in [0.15, 0.2) is 22.8 Å². The highest BCUT2D eigenvalue weighted by molar-refractivity contribution is 5.74. The predicted molar refractivity (Wildman–Crippen MR) is 50.4 cm³/mol. The maximum absolute atomic E-state index is 10.9. The van der Waals surface area contributed by atoms with Gasteiger partial charge < -0.3 is 14.3 Å². The van der Waals surface area contributed by atoms with E-state index in [4.69, 9.17) is 14.3 Å². The summed E-state index contributed by atoms with van der Waals surface area (Å²) in [5.41, 5.74) is -0.160. The van der Waals surface area contributed by atoms with E-state index in [0.29, 0.717) is 13.2 Å². The maximum Gasteiger partial charge on any atom is 0.306 e. The van der Waals surface area contributed by atoms with Crippen LogP contribution < -0.4 is 0 Å². The molecule has 1 saturated carbocycles. The van der Waals surface area contributed by atoms with Gasteiger partial charge in [0.05, 0.1) is 30.8 Å². The molecule has 2 fully saturated rings. The van der Waals surface area contributed by atoms with Crippen molar-refractivity contribution >= 4 is 5.97 Å². The zero-order valence-corrected chi connectivity index (χ0v) is 8.18. The third-order valence-electron chi connectivity index (χ3n) is 3.55. The maximum atomic E-state index is 10.9. The molecule has 2 unspecified atom stereocenters. The number of ether oxygens (including phenoxy) is 1. The normalized spacial score (nSPS) is 32.0. The van der Waals surface area contributed by atoms with Gasteiger partial charge in [0.1, 0.15) is 5.76 Å². The van der Waals surface area contributed by atoms with E-state index in [2.05, 4.69) is 0 Å². The summed E-state index contributed by atoms with van der Waals surface area (Å²) in [6.45, 7) is 1.18. The number of rotatable bonds is 3. The summed E-state index contributed by atoms with van der Waals surface area (Å²) in [5.74, 6) is 0.161. The lowest BCUT2D eigenvalue weighted by molar-refractivity contribution is -0.140. The molecule has 4 heteroatoms. The van der Waals surface area contributed by atoms with Crippen molar-refractivity contribution in [1.29, 1.82) is 0 Å². The lowest BCUT2D eigenvalue weighted by Gasteiger charge is -2.40. The molecule has 1 aromatic heterocycles. The summed E-state index contributed by atoms with van der Waals surface area (Å²) in [6, 6.07) is 3.76. The first-order valence-corrected chi connectivity index (χ1v) is 5.08. The van der Waals surface area contributed by atoms with Crippen LogP contribution in [-0.2, 0) is 14.9 Å². The van der Waals surface area contributed by atoms with Crippen LogP contribution in [0.25, 0.3) is 0 Å². The van der Waals surface area contributed by atoms with Crippen molar-refractivity contribution in [2.24, 2.45) is 11.8 Å². The summed E-state index contributed by atoms with van der Waals surface area (Å²) in [7, 11) is 0. The van der Waals surface area contributed by atoms with Gasteiger partial charge >= 0.3 is 5.97 Å². The van der Waals surface area contributed by atoms with Gasteiger partial charge in [-0.3, -0.25) is 4.79 Å². The number of furan rings is 1. The second-order valence-corrected chi connectivity index (χ2v) is 4.41. The van der Waals surface area contributed by atoms with Gasteiger partial charge in [-0.05, 0) is 24.5 Å². The largest absolute Gasteiger partial charge is 0.481 e. The minimum atomic E-state index is -0.696. The van der Waals surface area contributed by atoms with Gasteiger partial charge in [-0.2, -0.15) is 0 Å². The van der Waals surface area contributed by atoms with Crippen molar-refractivity contribution in [3.8, 4) is 0 Å². The van der Waals surface area contributed by atoms with E-state index in [1.807, 2.05) is 12.1 Å². The number of hydrogen-bond acceptors (Lipinski definition) is 3. The summed E-state index contributed by atoms with van der Waals surface area (Å²) < 4.78 is 10.6. The molecule has 3 rings (SSSR count). The Kier molecular flexibility index (Phi) is 1.71. The fourth-order valence-corrected chi connectivity index (χ4v) is 2.50. The summed E-state index contributed by atoms with van der Waals surface area (Å²) >= 11 is 0. The van der Waals surface area contributed by atoms with Crippen LogP contribution in [0.4, 0.5) is 0 Å². The first-order chi connectivity index (χ1) is 7.24. The van der Waals surface area contributed by atoms with Crippen molar-refractivity contribution in [3.63, 3.8) is 0 Å². The van der Waals surface area contributed by atoms with Gasteiger partial charge in [0, 0.05) is 0 Å². The highest BCUT2D eigenvalue weighted by Gasteiger charge is 2.61. The van der Waals surface area contributed by atoms with E-state index >= 15 is 0 Å². The Bertz CT molecular complexity index is 377. The van der Waals surface area contributed by atoms with Crippen LogP contribution in [0.3, 0.4) is 0 Å². The third-order valence-corrected chi connectivity index (χ3v) is 3.55. The second kappa shape index (κ2) is 2.85. The number of carboxylic acids is 1. The molecule has 0 spiro atoms. The van der Waals surface area contributed by atoms with Crippen LogP contribution in [0.2, 0.25) is 0 Å². The fraction of sp³-hybridized carbons (Fsp3) is 0.545. The molecular weight excluding hydrogens is 196 g/mol. The summed E-state index contributed by atoms with van der Waals surface area (Å²) in [6.07, 6.45) is 2.38. The highest BCUT2D eigenvalue weighted by atomic mass is 16.5. The lowest BCUT2D eigenvalue weighted by Crippen LogP contribution is -2.49. The van der Waals surface area contributed by atoms with Crippen molar-refractivity contribution in [1.82, 2.24) is 0 Å². The molecule has 15 heavy (non-hydrogen) atoms. The number of hydrogen-bond donors (Lipinski definition) is 1. The van der Waals surface area contributed by atoms with Crippen molar-refractivity contribution in [2.45, 2.75) is 11.8 Å². The first-order valence-electron chi connectivity index (χ1n) is 5.08. The quantitative estimate of drug-likeness (QED) is 0.812. The molecule has 2 heterocycles. The lowest BCUT2D eigenvalue weighted by atomic mass is 9.77. The first kappa shape index (κ1) is 8.97. The van der Waals surface area contributed by atoms with Crippen LogP contribution in [-0.4, -0.2) is 24.3 Å². The van der Waals surface area contributed by atoms with E-state index in [1.165, 1.54) is 0 Å². The molecule has 1 saturated heterocycles. The average molecular weight is 208 g/mol. The van der Waals surface area contributed by atoms with E-state index < -0.39 is 5.97 Å². The highest BCUT2D eigenvalue weighted by Crippen LogP contribution is 2.55. The van der Waals surface area contributed by atoms with Crippen LogP contribution in [0.5, 0.6) is 0 Å². The van der Waals surface area contributed by atoms with Crippen LogP contribution in [0.1, 0.15) is 12.2 Å². The number of aliphatic carboxylic acids is 1. The molecule has 80 valence electrons. The molecule has 1 aliphatic carbocycles. The molecule has 0 radical (unpaired) electrons. The zero-order valence-electron chi connectivity index (χ0n) is 8.18. The third kappa shape index (κ3) is 1.14. The van der Waals surface area contributed by atoms with Gasteiger partial charge in [0.25, 0.3) is 0 Å². The number of carboxylic acid groups (broad SMARTS) is 1. The van der Waals surface area contributed by atoms with Crippen LogP contribution >= 0.6 is 0 Å². The van der Waals surface area contributed by atoms with E-state index in [9.17, 15) is 4.79 Å². The zero-order chi connectivity index (χ0) is 10.5. The fourth-order valence-electron chi connectivity index (χ4n) is 2.50. The van der Waals surface area contributed by atoms with Gasteiger partial charge in [-0.15, -0.1) is 0 Å². The van der Waals surface area contributed by atoms with E-state index in [1.54, 1.807) is 6.26 Å². The Labute approximate surface area is 86.8 Å². The monoisotopic (exact) mass is 208 g/mol. The Morgan fingerprint density at radius 2 is 2.33 bits per heavy atom. The average Bonchev–Trinajstić information content (AvgIpc) is 2.72. The van der Waals surface area contributed by atoms with Gasteiger partial charge in [0.2, 0.25) is 0 Å². The standard InChI is InChI=1S/C11H12O4/c12-10(13)7-4-8(7)11(5-14-6-11)9-2-1-3-15-9/h1-3,7-8H,4-6H2,(H,12,13). The molecule has 0 aromatic carbocycles. The van der Waals surface area contributed by atoms with Crippen molar-refractivity contribution in [2.75, 3.05) is 13.2 Å². The molecule has 1 aromatic rings. The topological polar surface area (TPSA) is 59.7 Å². The Morgan fingerprint density at radius 3 is 2.73 bits per heavy atom. The van der Waals surface area contributed by atoms with Crippen molar-refractivity contribution in [3.05, 3.63) is 24.2 Å².